The lowest BCUT2D eigenvalue weighted by Crippen LogP contribution is -2.24. The Labute approximate surface area is 123 Å². The highest BCUT2D eigenvalue weighted by Crippen LogP contribution is 2.14. The molecule has 0 saturated heterocycles. The summed E-state index contributed by atoms with van der Waals surface area (Å²) in [6.45, 7) is 0.894. The van der Waals surface area contributed by atoms with Crippen LogP contribution in [0.1, 0.15) is 11.1 Å². The van der Waals surface area contributed by atoms with Crippen molar-refractivity contribution in [2.45, 2.75) is 13.2 Å². The van der Waals surface area contributed by atoms with E-state index in [4.69, 9.17) is 15.3 Å². The molecule has 0 fully saturated rings. The Morgan fingerprint density at radius 2 is 1.71 bits per heavy atom. The first-order chi connectivity index (χ1) is 10.2. The number of carbonyl (C=O) groups is 1. The van der Waals surface area contributed by atoms with Gasteiger partial charge in [-0.2, -0.15) is 5.48 Å². The van der Waals surface area contributed by atoms with Crippen LogP contribution >= 0.6 is 0 Å². The monoisotopic (exact) mass is 286 g/mol. The number of nitrogens with one attached hydrogen (secondary N) is 1. The second kappa shape index (κ2) is 8.04. The van der Waals surface area contributed by atoms with Crippen LogP contribution < -0.4 is 16.0 Å². The Morgan fingerprint density at radius 3 is 2.38 bits per heavy atom. The summed E-state index contributed by atoms with van der Waals surface area (Å²) in [5.74, 6) is 0.299. The molecule has 5 heteroatoms. The van der Waals surface area contributed by atoms with Gasteiger partial charge in [0.2, 0.25) is 5.91 Å². The number of hydroxylamine groups is 1. The topological polar surface area (TPSA) is 73.6 Å². The fourth-order valence-electron chi connectivity index (χ4n) is 1.70. The van der Waals surface area contributed by atoms with E-state index >= 15 is 0 Å². The molecule has 3 N–H and O–H groups in total. The molecule has 0 atom stereocenters. The average Bonchev–Trinajstić information content (AvgIpc) is 2.51. The maximum atomic E-state index is 10.5. The Morgan fingerprint density at radius 1 is 1.00 bits per heavy atom. The van der Waals surface area contributed by atoms with Crippen LogP contribution in [0.4, 0.5) is 0 Å². The summed E-state index contributed by atoms with van der Waals surface area (Å²) in [5, 5.41) is 0. The predicted octanol–water partition coefficient (Wildman–Crippen LogP) is 1.77. The summed E-state index contributed by atoms with van der Waals surface area (Å²) >= 11 is 0. The molecule has 2 rings (SSSR count). The minimum Gasteiger partial charge on any atom is -0.489 e. The van der Waals surface area contributed by atoms with Crippen LogP contribution in [0.15, 0.2) is 54.6 Å². The van der Waals surface area contributed by atoms with Gasteiger partial charge in [0.15, 0.2) is 0 Å². The van der Waals surface area contributed by atoms with Gasteiger partial charge in [-0.15, -0.1) is 0 Å². The lowest BCUT2D eigenvalue weighted by atomic mass is 10.2. The molecule has 5 nitrogen and oxygen atoms in total. The van der Waals surface area contributed by atoms with Crippen molar-refractivity contribution in [2.24, 2.45) is 5.73 Å². The van der Waals surface area contributed by atoms with E-state index in [-0.39, 0.29) is 6.61 Å². The summed E-state index contributed by atoms with van der Waals surface area (Å²) in [6, 6.07) is 17.7. The van der Waals surface area contributed by atoms with Gasteiger partial charge in [-0.05, 0) is 23.3 Å². The Hall–Kier alpha value is -2.37. The van der Waals surface area contributed by atoms with Crippen molar-refractivity contribution in [2.75, 3.05) is 6.61 Å². The molecular formula is C16H18N2O3. The van der Waals surface area contributed by atoms with E-state index in [0.717, 1.165) is 16.9 Å². The zero-order valence-corrected chi connectivity index (χ0v) is 11.6. The van der Waals surface area contributed by atoms with Gasteiger partial charge in [-0.1, -0.05) is 42.5 Å². The molecule has 110 valence electrons. The lowest BCUT2D eigenvalue weighted by Gasteiger charge is -2.08. The molecular weight excluding hydrogens is 268 g/mol. The van der Waals surface area contributed by atoms with Gasteiger partial charge in [-0.25, -0.2) is 0 Å². The normalized spacial score (nSPS) is 10.3. The number of carbonyl (C=O) groups excluding carboxylic acids is 1. The zero-order valence-electron chi connectivity index (χ0n) is 11.6. The lowest BCUT2D eigenvalue weighted by molar-refractivity contribution is -0.125. The molecule has 0 aromatic heterocycles. The quantitative estimate of drug-likeness (QED) is 0.573. The molecule has 2 aromatic rings. The molecule has 1 amide bonds. The average molecular weight is 286 g/mol. The van der Waals surface area contributed by atoms with E-state index in [0.29, 0.717) is 13.2 Å². The Kier molecular flexibility index (Phi) is 5.75. The van der Waals surface area contributed by atoms with Crippen molar-refractivity contribution >= 4 is 5.91 Å². The fraction of sp³-hybridized carbons (Fsp3) is 0.188. The first-order valence-corrected chi connectivity index (χ1v) is 6.62. The SMILES string of the molecule is NC(=O)CONCc1ccc(OCc2ccccc2)cc1. The molecule has 0 aliphatic carbocycles. The number of rotatable bonds is 8. The first kappa shape index (κ1) is 15.0. The van der Waals surface area contributed by atoms with Crippen LogP contribution in [-0.2, 0) is 22.8 Å². The number of hydrogen-bond acceptors (Lipinski definition) is 4. The summed E-state index contributed by atoms with van der Waals surface area (Å²) < 4.78 is 5.69. The predicted molar refractivity (Wildman–Crippen MR) is 79.2 cm³/mol. The standard InChI is InChI=1S/C16H18N2O3/c17-16(19)12-21-18-10-13-6-8-15(9-7-13)20-11-14-4-2-1-3-5-14/h1-9,18H,10-12H2,(H2,17,19). The number of amides is 1. The van der Waals surface area contributed by atoms with E-state index in [1.807, 2.05) is 54.6 Å². The minimum atomic E-state index is -0.507. The smallest absolute Gasteiger partial charge is 0.245 e. The van der Waals surface area contributed by atoms with Gasteiger partial charge in [0.25, 0.3) is 0 Å². The van der Waals surface area contributed by atoms with Crippen molar-refractivity contribution in [3.05, 3.63) is 65.7 Å². The summed E-state index contributed by atoms with van der Waals surface area (Å²) in [5.41, 5.74) is 9.77. The highest BCUT2D eigenvalue weighted by atomic mass is 16.6. The first-order valence-electron chi connectivity index (χ1n) is 6.62. The highest BCUT2D eigenvalue weighted by molar-refractivity contribution is 5.74. The Balaban J connectivity index is 1.75. The van der Waals surface area contributed by atoms with Crippen LogP contribution in [0.25, 0.3) is 0 Å². The number of nitrogens with two attached hydrogens (primary N) is 1. The summed E-state index contributed by atoms with van der Waals surface area (Å²) in [4.78, 5) is 15.4. The van der Waals surface area contributed by atoms with Gasteiger partial charge in [0, 0.05) is 6.54 Å². The molecule has 0 bridgehead atoms. The summed E-state index contributed by atoms with van der Waals surface area (Å²) in [7, 11) is 0. The van der Waals surface area contributed by atoms with Gasteiger partial charge in [0.05, 0.1) is 0 Å². The number of primary amides is 1. The number of ether oxygens (including phenoxy) is 1. The zero-order chi connectivity index (χ0) is 14.9. The van der Waals surface area contributed by atoms with Gasteiger partial charge >= 0.3 is 0 Å². The van der Waals surface area contributed by atoms with Crippen molar-refractivity contribution in [1.82, 2.24) is 5.48 Å². The van der Waals surface area contributed by atoms with E-state index in [1.54, 1.807) is 0 Å². The molecule has 0 unspecified atom stereocenters. The van der Waals surface area contributed by atoms with Crippen molar-refractivity contribution in [3.63, 3.8) is 0 Å². The summed E-state index contributed by atoms with van der Waals surface area (Å²) in [6.07, 6.45) is 0. The Bertz CT molecular complexity index is 555. The molecule has 0 aliphatic heterocycles. The van der Waals surface area contributed by atoms with Crippen LogP contribution in [0.5, 0.6) is 5.75 Å². The van der Waals surface area contributed by atoms with Crippen LogP contribution in [0.3, 0.4) is 0 Å². The van der Waals surface area contributed by atoms with Crippen LogP contribution in [0.2, 0.25) is 0 Å². The van der Waals surface area contributed by atoms with Crippen LogP contribution in [0, 0.1) is 0 Å². The van der Waals surface area contributed by atoms with Crippen molar-refractivity contribution in [3.8, 4) is 5.75 Å². The minimum absolute atomic E-state index is 0.141. The van der Waals surface area contributed by atoms with Crippen molar-refractivity contribution < 1.29 is 14.4 Å². The second-order valence-corrected chi connectivity index (χ2v) is 4.49. The third kappa shape index (κ3) is 5.64. The van der Waals surface area contributed by atoms with Crippen molar-refractivity contribution in [1.29, 1.82) is 0 Å². The molecule has 0 spiro atoms. The third-order valence-corrected chi connectivity index (χ3v) is 2.76. The third-order valence-electron chi connectivity index (χ3n) is 2.76. The van der Waals surface area contributed by atoms with Crippen LogP contribution in [-0.4, -0.2) is 12.5 Å². The fourth-order valence-corrected chi connectivity index (χ4v) is 1.70. The number of benzene rings is 2. The van der Waals surface area contributed by atoms with Gasteiger partial charge < -0.3 is 10.5 Å². The van der Waals surface area contributed by atoms with E-state index in [9.17, 15) is 4.79 Å². The van der Waals surface area contributed by atoms with Gasteiger partial charge in [-0.3, -0.25) is 9.63 Å². The molecule has 21 heavy (non-hydrogen) atoms. The van der Waals surface area contributed by atoms with E-state index < -0.39 is 5.91 Å². The number of hydrogen-bond donors (Lipinski definition) is 2. The molecule has 2 aromatic carbocycles. The second-order valence-electron chi connectivity index (χ2n) is 4.49. The van der Waals surface area contributed by atoms with E-state index in [2.05, 4.69) is 5.48 Å². The molecule has 0 heterocycles. The van der Waals surface area contributed by atoms with E-state index in [1.165, 1.54) is 0 Å². The highest BCUT2D eigenvalue weighted by Gasteiger charge is 1.98. The largest absolute Gasteiger partial charge is 0.489 e. The maximum absolute atomic E-state index is 10.5. The van der Waals surface area contributed by atoms with Gasteiger partial charge in [0.1, 0.15) is 19.0 Å². The molecule has 0 saturated carbocycles. The molecule has 0 aliphatic rings. The maximum Gasteiger partial charge on any atom is 0.245 e. The molecule has 0 radical (unpaired) electrons.